The Hall–Kier alpha value is -0.820. The minimum absolute atomic E-state index is 0.116. The Morgan fingerprint density at radius 2 is 2.14 bits per heavy atom. The van der Waals surface area contributed by atoms with E-state index in [1.807, 2.05) is 0 Å². The van der Waals surface area contributed by atoms with Crippen LogP contribution in [0.4, 0.5) is 13.2 Å². The molecule has 1 saturated heterocycles. The van der Waals surface area contributed by atoms with Gasteiger partial charge in [0.15, 0.2) is 0 Å². The Labute approximate surface area is 122 Å². The van der Waals surface area contributed by atoms with E-state index >= 15 is 0 Å². The van der Waals surface area contributed by atoms with Gasteiger partial charge in [0.05, 0.1) is 18.1 Å². The van der Waals surface area contributed by atoms with Gasteiger partial charge in [-0.2, -0.15) is 13.2 Å². The zero-order valence-corrected chi connectivity index (χ0v) is 12.2. The van der Waals surface area contributed by atoms with Crippen molar-refractivity contribution in [1.29, 1.82) is 0 Å². The number of alkyl halides is 3. The van der Waals surface area contributed by atoms with Gasteiger partial charge < -0.3 is 15.3 Å². The van der Waals surface area contributed by atoms with E-state index in [2.05, 4.69) is 5.32 Å². The summed E-state index contributed by atoms with van der Waals surface area (Å²) in [4.78, 5) is 13.7. The number of amides is 1. The van der Waals surface area contributed by atoms with Crippen LogP contribution in [0, 0.1) is 11.8 Å². The number of nitrogens with zero attached hydrogens (tertiary/aromatic N) is 1. The summed E-state index contributed by atoms with van der Waals surface area (Å²) in [5, 5.41) is 13.3. The first-order valence-electron chi connectivity index (χ1n) is 7.46. The van der Waals surface area contributed by atoms with Gasteiger partial charge in [-0.3, -0.25) is 4.79 Å². The van der Waals surface area contributed by atoms with E-state index in [4.69, 9.17) is 0 Å². The third-order valence-electron chi connectivity index (χ3n) is 4.62. The molecule has 2 aliphatic rings. The lowest BCUT2D eigenvalue weighted by Crippen LogP contribution is -2.47. The van der Waals surface area contributed by atoms with Gasteiger partial charge in [-0.25, -0.2) is 0 Å². The van der Waals surface area contributed by atoms with Gasteiger partial charge >= 0.3 is 6.18 Å². The smallest absolute Gasteiger partial charge is 0.387 e. The summed E-state index contributed by atoms with van der Waals surface area (Å²) in [7, 11) is 1.57. The van der Waals surface area contributed by atoms with Crippen molar-refractivity contribution in [3.05, 3.63) is 0 Å². The Morgan fingerprint density at radius 1 is 1.43 bits per heavy atom. The van der Waals surface area contributed by atoms with E-state index in [1.54, 1.807) is 7.05 Å². The minimum Gasteiger partial charge on any atom is -0.387 e. The van der Waals surface area contributed by atoms with Crippen LogP contribution in [0.5, 0.6) is 0 Å². The molecule has 3 unspecified atom stereocenters. The van der Waals surface area contributed by atoms with E-state index in [0.29, 0.717) is 32.4 Å². The first kappa shape index (κ1) is 16.5. The van der Waals surface area contributed by atoms with Crippen LogP contribution in [0.15, 0.2) is 0 Å². The number of carbonyl (C=O) groups excluding carboxylic acids is 1. The Kier molecular flexibility index (Phi) is 4.82. The lowest BCUT2D eigenvalue weighted by molar-refractivity contribution is -0.187. The zero-order chi connectivity index (χ0) is 15.7. The average Bonchev–Trinajstić information content (AvgIpc) is 2.83. The molecule has 0 spiro atoms. The van der Waals surface area contributed by atoms with Crippen molar-refractivity contribution in [3.63, 3.8) is 0 Å². The molecule has 0 bridgehead atoms. The molecule has 0 aromatic carbocycles. The summed E-state index contributed by atoms with van der Waals surface area (Å²) in [5.41, 5.74) is -0.956. The quantitative estimate of drug-likeness (QED) is 0.831. The average molecular weight is 308 g/mol. The maximum atomic E-state index is 12.8. The van der Waals surface area contributed by atoms with Crippen LogP contribution in [0.3, 0.4) is 0 Å². The van der Waals surface area contributed by atoms with Gasteiger partial charge in [0.2, 0.25) is 5.91 Å². The number of β-amino-alcohol motifs (C(OH)–C–C–N with tert-alkyl or cyclic N) is 1. The molecule has 1 saturated carbocycles. The highest BCUT2D eigenvalue weighted by Gasteiger charge is 2.44. The second kappa shape index (κ2) is 6.12. The fourth-order valence-electron chi connectivity index (χ4n) is 3.41. The number of nitrogens with one attached hydrogen (secondary N) is 1. The molecule has 3 atom stereocenters. The third-order valence-corrected chi connectivity index (χ3v) is 4.62. The number of hydrogen-bond donors (Lipinski definition) is 2. The van der Waals surface area contributed by atoms with Crippen LogP contribution >= 0.6 is 0 Å². The number of hydrogen-bond acceptors (Lipinski definition) is 3. The molecule has 0 aromatic rings. The van der Waals surface area contributed by atoms with Crippen molar-refractivity contribution in [2.24, 2.45) is 11.8 Å². The van der Waals surface area contributed by atoms with Gasteiger partial charge in [0.1, 0.15) is 0 Å². The lowest BCUT2D eigenvalue weighted by Gasteiger charge is -2.34. The summed E-state index contributed by atoms with van der Waals surface area (Å²) < 4.78 is 38.4. The molecule has 1 aliphatic carbocycles. The van der Waals surface area contributed by atoms with Gasteiger partial charge in [-0.15, -0.1) is 0 Å². The van der Waals surface area contributed by atoms with E-state index in [-0.39, 0.29) is 25.3 Å². The molecule has 2 fully saturated rings. The second-order valence-corrected chi connectivity index (χ2v) is 6.45. The van der Waals surface area contributed by atoms with E-state index in [9.17, 15) is 23.1 Å². The largest absolute Gasteiger partial charge is 0.391 e. The monoisotopic (exact) mass is 308 g/mol. The van der Waals surface area contributed by atoms with Crippen LogP contribution in [-0.4, -0.2) is 54.4 Å². The number of carbonyl (C=O) groups is 1. The SMILES string of the molecule is CN(CC1(O)CCNC1)C(=O)C1CCCC(C(F)(F)F)C1. The Balaban J connectivity index is 1.92. The third kappa shape index (κ3) is 4.10. The highest BCUT2D eigenvalue weighted by Crippen LogP contribution is 2.40. The molecule has 0 aromatic heterocycles. The van der Waals surface area contributed by atoms with Crippen molar-refractivity contribution < 1.29 is 23.1 Å². The molecule has 1 aliphatic heterocycles. The maximum Gasteiger partial charge on any atom is 0.391 e. The molecule has 0 radical (unpaired) electrons. The Morgan fingerprint density at radius 3 is 2.71 bits per heavy atom. The van der Waals surface area contributed by atoms with Crippen LogP contribution in [-0.2, 0) is 4.79 Å². The van der Waals surface area contributed by atoms with Crippen molar-refractivity contribution >= 4 is 5.91 Å². The van der Waals surface area contributed by atoms with Crippen molar-refractivity contribution in [2.45, 2.75) is 43.9 Å². The number of likely N-dealkylation sites (N-methyl/N-ethyl adjacent to an activating group) is 1. The lowest BCUT2D eigenvalue weighted by atomic mass is 9.80. The molecule has 4 nitrogen and oxygen atoms in total. The van der Waals surface area contributed by atoms with Crippen molar-refractivity contribution in [3.8, 4) is 0 Å². The number of halogens is 3. The van der Waals surface area contributed by atoms with E-state index in [0.717, 1.165) is 0 Å². The molecular formula is C14H23F3N2O2. The molecule has 1 heterocycles. The van der Waals surface area contributed by atoms with Gasteiger partial charge in [-0.05, 0) is 32.2 Å². The Bertz CT molecular complexity index is 381. The highest BCUT2D eigenvalue weighted by molar-refractivity contribution is 5.78. The summed E-state index contributed by atoms with van der Waals surface area (Å²) in [5.74, 6) is -2.22. The summed E-state index contributed by atoms with van der Waals surface area (Å²) in [6.45, 7) is 1.28. The normalized spacial score (nSPS) is 34.0. The fourth-order valence-corrected chi connectivity index (χ4v) is 3.41. The van der Waals surface area contributed by atoms with Crippen molar-refractivity contribution in [2.75, 3.05) is 26.7 Å². The molecule has 2 rings (SSSR count). The standard InChI is InChI=1S/C14H23F3N2O2/c1-19(9-13(21)5-6-18-8-13)12(20)10-3-2-4-11(7-10)14(15,16)17/h10-11,18,21H,2-9H2,1H3. The predicted molar refractivity (Wildman–Crippen MR) is 71.6 cm³/mol. The first-order chi connectivity index (χ1) is 9.71. The van der Waals surface area contributed by atoms with Crippen LogP contribution in [0.25, 0.3) is 0 Å². The van der Waals surface area contributed by atoms with Gasteiger partial charge in [-0.1, -0.05) is 6.42 Å². The van der Waals surface area contributed by atoms with Gasteiger partial charge in [0, 0.05) is 19.5 Å². The van der Waals surface area contributed by atoms with Gasteiger partial charge in [0.25, 0.3) is 0 Å². The molecular weight excluding hydrogens is 285 g/mol. The zero-order valence-electron chi connectivity index (χ0n) is 12.2. The highest BCUT2D eigenvalue weighted by atomic mass is 19.4. The molecule has 122 valence electrons. The maximum absolute atomic E-state index is 12.8. The van der Waals surface area contributed by atoms with Crippen LogP contribution in [0.2, 0.25) is 0 Å². The second-order valence-electron chi connectivity index (χ2n) is 6.45. The summed E-state index contributed by atoms with van der Waals surface area (Å²) in [6.07, 6.45) is -2.73. The number of aliphatic hydroxyl groups is 1. The van der Waals surface area contributed by atoms with Crippen molar-refractivity contribution in [1.82, 2.24) is 10.2 Å². The summed E-state index contributed by atoms with van der Waals surface area (Å²) in [6, 6.07) is 0. The fraction of sp³-hybridized carbons (Fsp3) is 0.929. The summed E-state index contributed by atoms with van der Waals surface area (Å²) >= 11 is 0. The molecule has 2 N–H and O–H groups in total. The van der Waals surface area contributed by atoms with E-state index in [1.165, 1.54) is 4.90 Å². The van der Waals surface area contributed by atoms with E-state index < -0.39 is 23.6 Å². The molecule has 7 heteroatoms. The minimum atomic E-state index is -4.22. The topological polar surface area (TPSA) is 52.6 Å². The molecule has 1 amide bonds. The molecule has 21 heavy (non-hydrogen) atoms. The number of rotatable bonds is 3. The van der Waals surface area contributed by atoms with Crippen LogP contribution in [0.1, 0.15) is 32.1 Å². The van der Waals surface area contributed by atoms with Crippen LogP contribution < -0.4 is 5.32 Å². The predicted octanol–water partition coefficient (Wildman–Crippen LogP) is 1.54. The first-order valence-corrected chi connectivity index (χ1v) is 7.46.